The van der Waals surface area contributed by atoms with Crippen LogP contribution in [-0.4, -0.2) is 56.5 Å². The number of anilines is 1. The number of hydrogen-bond donors (Lipinski definition) is 2. The summed E-state index contributed by atoms with van der Waals surface area (Å²) < 4.78 is 4.86. The number of carboxylic acids is 1. The van der Waals surface area contributed by atoms with Gasteiger partial charge in [0.15, 0.2) is 5.82 Å². The van der Waals surface area contributed by atoms with Gasteiger partial charge in [0.05, 0.1) is 11.0 Å². The van der Waals surface area contributed by atoms with Gasteiger partial charge in [0.25, 0.3) is 0 Å². The van der Waals surface area contributed by atoms with Crippen LogP contribution in [0.25, 0.3) is 0 Å². The number of carbonyl (C=O) groups is 3. The second kappa shape index (κ2) is 7.49. The molecular formula is C14H19N3O5S. The van der Waals surface area contributed by atoms with Crippen molar-refractivity contribution in [2.75, 3.05) is 17.6 Å². The van der Waals surface area contributed by atoms with Gasteiger partial charge in [0.1, 0.15) is 11.8 Å². The monoisotopic (exact) mass is 341 g/mol. The molecule has 1 aromatic rings. The summed E-state index contributed by atoms with van der Waals surface area (Å²) in [5.41, 5.74) is 0. The van der Waals surface area contributed by atoms with E-state index in [0.717, 1.165) is 11.8 Å². The predicted octanol–water partition coefficient (Wildman–Crippen LogP) is 1.12. The molecule has 9 heteroatoms. The topological polar surface area (TPSA) is 113 Å². The third-order valence-electron chi connectivity index (χ3n) is 3.56. The summed E-state index contributed by atoms with van der Waals surface area (Å²) in [4.78, 5) is 36.6. The van der Waals surface area contributed by atoms with Gasteiger partial charge in [-0.1, -0.05) is 5.16 Å². The largest absolute Gasteiger partial charge is 0.480 e. The van der Waals surface area contributed by atoms with Gasteiger partial charge in [0.2, 0.25) is 11.8 Å². The van der Waals surface area contributed by atoms with Crippen molar-refractivity contribution < 1.29 is 24.0 Å². The predicted molar refractivity (Wildman–Crippen MR) is 84.2 cm³/mol. The molecule has 1 saturated heterocycles. The molecular weight excluding hydrogens is 322 g/mol. The van der Waals surface area contributed by atoms with Crippen molar-refractivity contribution in [2.45, 2.75) is 38.0 Å². The first-order valence-corrected chi connectivity index (χ1v) is 8.31. The van der Waals surface area contributed by atoms with E-state index in [4.69, 9.17) is 9.63 Å². The second-order valence-electron chi connectivity index (χ2n) is 5.35. The Labute approximate surface area is 137 Å². The zero-order chi connectivity index (χ0) is 17.0. The third-order valence-corrected chi connectivity index (χ3v) is 4.69. The van der Waals surface area contributed by atoms with Gasteiger partial charge in [-0.2, -0.15) is 0 Å². The number of thioether (sulfide) groups is 1. The van der Waals surface area contributed by atoms with Gasteiger partial charge in [-0.25, -0.2) is 4.79 Å². The van der Waals surface area contributed by atoms with Crippen molar-refractivity contribution >= 4 is 35.4 Å². The quantitative estimate of drug-likeness (QED) is 0.797. The van der Waals surface area contributed by atoms with Gasteiger partial charge < -0.3 is 19.8 Å². The van der Waals surface area contributed by atoms with Crippen molar-refractivity contribution in [3.05, 3.63) is 11.8 Å². The van der Waals surface area contributed by atoms with E-state index in [2.05, 4.69) is 10.5 Å². The smallest absolute Gasteiger partial charge is 0.326 e. The van der Waals surface area contributed by atoms with E-state index in [0.29, 0.717) is 31.0 Å². The minimum Gasteiger partial charge on any atom is -0.480 e. The van der Waals surface area contributed by atoms with E-state index in [1.165, 1.54) is 4.90 Å². The standard InChI is InChI=1S/C14H19N3O5S/c1-8-6-11(16-22-8)15-13(19)9(2)23-7-12(18)17-5-3-4-10(17)14(20)21/h6,9-10H,3-5,7H2,1-2H3,(H,20,21)(H,15,16,19)/t9?,10-/m0/s1. The molecule has 1 aromatic heterocycles. The minimum atomic E-state index is -0.979. The molecule has 1 aliphatic heterocycles. The Morgan fingerprint density at radius 2 is 2.30 bits per heavy atom. The SMILES string of the molecule is Cc1cc(NC(=O)C(C)SCC(=O)N2CCC[C@H]2C(=O)O)no1. The minimum absolute atomic E-state index is 0.0657. The number of carbonyl (C=O) groups excluding carboxylic acids is 2. The Morgan fingerprint density at radius 3 is 2.91 bits per heavy atom. The highest BCUT2D eigenvalue weighted by Crippen LogP contribution is 2.21. The number of amides is 2. The molecule has 2 N–H and O–H groups in total. The van der Waals surface area contributed by atoms with Crippen molar-refractivity contribution in [1.29, 1.82) is 0 Å². The van der Waals surface area contributed by atoms with Gasteiger partial charge in [0, 0.05) is 12.6 Å². The van der Waals surface area contributed by atoms with Gasteiger partial charge in [-0.3, -0.25) is 9.59 Å². The lowest BCUT2D eigenvalue weighted by Gasteiger charge is -2.21. The lowest BCUT2D eigenvalue weighted by molar-refractivity contribution is -0.147. The molecule has 1 unspecified atom stereocenters. The maximum Gasteiger partial charge on any atom is 0.326 e. The molecule has 126 valence electrons. The van der Waals surface area contributed by atoms with Crippen molar-refractivity contribution in [2.24, 2.45) is 0 Å². The number of hydrogen-bond acceptors (Lipinski definition) is 6. The van der Waals surface area contributed by atoms with Crippen molar-refractivity contribution in [3.8, 4) is 0 Å². The zero-order valence-corrected chi connectivity index (χ0v) is 13.8. The molecule has 0 spiro atoms. The highest BCUT2D eigenvalue weighted by atomic mass is 32.2. The van der Waals surface area contributed by atoms with Gasteiger partial charge >= 0.3 is 5.97 Å². The van der Waals surface area contributed by atoms with Crippen LogP contribution in [0.5, 0.6) is 0 Å². The van der Waals surface area contributed by atoms with Crippen LogP contribution in [0.15, 0.2) is 10.6 Å². The first kappa shape index (κ1) is 17.3. The number of nitrogens with one attached hydrogen (secondary N) is 1. The molecule has 0 aliphatic carbocycles. The third kappa shape index (κ3) is 4.47. The summed E-state index contributed by atoms with van der Waals surface area (Å²) in [5, 5.41) is 14.9. The Bertz CT molecular complexity index is 603. The first-order valence-electron chi connectivity index (χ1n) is 7.26. The van der Waals surface area contributed by atoms with Crippen LogP contribution in [0.4, 0.5) is 5.82 Å². The van der Waals surface area contributed by atoms with E-state index in [1.54, 1.807) is 19.9 Å². The average Bonchev–Trinajstić information content (AvgIpc) is 3.13. The highest BCUT2D eigenvalue weighted by Gasteiger charge is 2.34. The molecule has 0 aromatic carbocycles. The Balaban J connectivity index is 1.81. The van der Waals surface area contributed by atoms with Crippen LogP contribution in [0.3, 0.4) is 0 Å². The number of aryl methyl sites for hydroxylation is 1. The lowest BCUT2D eigenvalue weighted by atomic mass is 10.2. The summed E-state index contributed by atoms with van der Waals surface area (Å²) in [5.74, 6) is -0.533. The Hall–Kier alpha value is -2.03. The molecule has 0 saturated carbocycles. The fourth-order valence-corrected chi connectivity index (χ4v) is 3.10. The number of rotatable bonds is 6. The van der Waals surface area contributed by atoms with Gasteiger partial charge in [-0.15, -0.1) is 11.8 Å². The molecule has 1 fully saturated rings. The van der Waals surface area contributed by atoms with Gasteiger partial charge in [-0.05, 0) is 26.7 Å². The molecule has 2 heterocycles. The summed E-state index contributed by atoms with van der Waals surface area (Å²) >= 11 is 1.16. The molecule has 0 bridgehead atoms. The van der Waals surface area contributed by atoms with Crippen molar-refractivity contribution in [3.63, 3.8) is 0 Å². The number of carboxylic acid groups (broad SMARTS) is 1. The van der Waals surface area contributed by atoms with E-state index >= 15 is 0 Å². The molecule has 2 atom stereocenters. The zero-order valence-electron chi connectivity index (χ0n) is 12.9. The fourth-order valence-electron chi connectivity index (χ4n) is 2.33. The van der Waals surface area contributed by atoms with E-state index < -0.39 is 17.3 Å². The van der Waals surface area contributed by atoms with Crippen LogP contribution in [-0.2, 0) is 14.4 Å². The Morgan fingerprint density at radius 1 is 1.57 bits per heavy atom. The normalized spacial score (nSPS) is 18.7. The summed E-state index contributed by atoms with van der Waals surface area (Å²) in [6, 6.07) is 0.854. The number of aliphatic carboxylic acids is 1. The Kier molecular flexibility index (Phi) is 5.64. The second-order valence-corrected chi connectivity index (χ2v) is 6.68. The van der Waals surface area contributed by atoms with Crippen LogP contribution in [0, 0.1) is 6.92 Å². The summed E-state index contributed by atoms with van der Waals surface area (Å²) in [7, 11) is 0. The average molecular weight is 341 g/mol. The maximum atomic E-state index is 12.1. The number of aromatic nitrogens is 1. The molecule has 1 aliphatic rings. The van der Waals surface area contributed by atoms with Crippen LogP contribution >= 0.6 is 11.8 Å². The van der Waals surface area contributed by atoms with E-state index in [9.17, 15) is 14.4 Å². The molecule has 2 rings (SSSR count). The summed E-state index contributed by atoms with van der Waals surface area (Å²) in [6.45, 7) is 3.85. The molecule has 23 heavy (non-hydrogen) atoms. The highest BCUT2D eigenvalue weighted by molar-refractivity contribution is 8.01. The number of nitrogens with zero attached hydrogens (tertiary/aromatic N) is 2. The summed E-state index contributed by atoms with van der Waals surface area (Å²) in [6.07, 6.45) is 1.17. The van der Waals surface area contributed by atoms with Crippen LogP contribution in [0.2, 0.25) is 0 Å². The van der Waals surface area contributed by atoms with E-state index in [1.807, 2.05) is 0 Å². The molecule has 2 amide bonds. The number of likely N-dealkylation sites (tertiary alicyclic amines) is 1. The van der Waals surface area contributed by atoms with E-state index in [-0.39, 0.29) is 17.6 Å². The first-order chi connectivity index (χ1) is 10.9. The van der Waals surface area contributed by atoms with Crippen LogP contribution in [0.1, 0.15) is 25.5 Å². The fraction of sp³-hybridized carbons (Fsp3) is 0.571. The molecule has 0 radical (unpaired) electrons. The maximum absolute atomic E-state index is 12.1. The molecule has 8 nitrogen and oxygen atoms in total. The van der Waals surface area contributed by atoms with Crippen LogP contribution < -0.4 is 5.32 Å². The lowest BCUT2D eigenvalue weighted by Crippen LogP contribution is -2.41. The van der Waals surface area contributed by atoms with Crippen molar-refractivity contribution in [1.82, 2.24) is 10.1 Å².